The van der Waals surface area contributed by atoms with Crippen LogP contribution < -0.4 is 9.47 Å². The van der Waals surface area contributed by atoms with Crippen LogP contribution in [0.15, 0.2) is 34.8 Å². The Kier molecular flexibility index (Phi) is 2.78. The third-order valence-corrected chi connectivity index (χ3v) is 4.04. The molecule has 0 saturated heterocycles. The van der Waals surface area contributed by atoms with Crippen molar-refractivity contribution in [3.8, 4) is 28.6 Å². The van der Waals surface area contributed by atoms with E-state index in [4.69, 9.17) is 9.47 Å². The lowest BCUT2D eigenvalue weighted by atomic mass is 10.2. The molecule has 4 rings (SSSR count). The molecular weight excluding hydrogens is 336 g/mol. The summed E-state index contributed by atoms with van der Waals surface area (Å²) >= 11 is 3.27. The van der Waals surface area contributed by atoms with Gasteiger partial charge in [-0.05, 0) is 34.1 Å². The lowest BCUT2D eigenvalue weighted by Crippen LogP contribution is -2.15. The largest absolute Gasteiger partial charge is 0.507 e. The number of benzene rings is 2. The van der Waals surface area contributed by atoms with E-state index in [2.05, 4.69) is 25.9 Å². The molecule has 5 nitrogen and oxygen atoms in total. The van der Waals surface area contributed by atoms with Crippen molar-refractivity contribution < 1.29 is 14.6 Å². The summed E-state index contributed by atoms with van der Waals surface area (Å²) in [5.74, 6) is 2.31. The molecule has 106 valence electrons. The molecule has 2 heterocycles. The van der Waals surface area contributed by atoms with Crippen LogP contribution in [0.5, 0.6) is 17.2 Å². The number of rotatable bonds is 1. The number of halogens is 1. The first kappa shape index (κ1) is 12.5. The van der Waals surface area contributed by atoms with Gasteiger partial charge in [-0.25, -0.2) is 4.98 Å². The highest BCUT2D eigenvalue weighted by Crippen LogP contribution is 2.35. The van der Waals surface area contributed by atoms with Gasteiger partial charge in [0.25, 0.3) is 0 Å². The second kappa shape index (κ2) is 4.66. The maximum atomic E-state index is 9.78. The fourth-order valence-corrected chi connectivity index (χ4v) is 2.59. The highest BCUT2D eigenvalue weighted by atomic mass is 79.9. The van der Waals surface area contributed by atoms with Crippen molar-refractivity contribution >= 4 is 27.0 Å². The van der Waals surface area contributed by atoms with Crippen LogP contribution in [0.3, 0.4) is 0 Å². The number of hydrogen-bond acceptors (Lipinski definition) is 4. The van der Waals surface area contributed by atoms with Crippen molar-refractivity contribution in [2.45, 2.75) is 0 Å². The van der Waals surface area contributed by atoms with Gasteiger partial charge >= 0.3 is 0 Å². The van der Waals surface area contributed by atoms with Crippen molar-refractivity contribution in [3.05, 3.63) is 34.8 Å². The Morgan fingerprint density at radius 3 is 2.62 bits per heavy atom. The quantitative estimate of drug-likeness (QED) is 0.707. The number of imidazole rings is 1. The number of aromatic hydroxyl groups is 1. The van der Waals surface area contributed by atoms with E-state index in [-0.39, 0.29) is 5.75 Å². The van der Waals surface area contributed by atoms with Gasteiger partial charge in [-0.15, -0.1) is 0 Å². The molecule has 2 N–H and O–H groups in total. The topological polar surface area (TPSA) is 67.4 Å². The Morgan fingerprint density at radius 2 is 1.86 bits per heavy atom. The first-order chi connectivity index (χ1) is 10.2. The molecule has 0 fully saturated rings. The summed E-state index contributed by atoms with van der Waals surface area (Å²) in [5.41, 5.74) is 2.49. The molecular formula is C15H11BrN2O3. The maximum absolute atomic E-state index is 9.78. The Bertz CT molecular complexity index is 801. The van der Waals surface area contributed by atoms with Gasteiger partial charge in [0.1, 0.15) is 24.8 Å². The molecule has 6 heteroatoms. The smallest absolute Gasteiger partial charge is 0.163 e. The molecule has 0 radical (unpaired) electrons. The molecule has 3 aromatic rings. The Labute approximate surface area is 128 Å². The van der Waals surface area contributed by atoms with Crippen molar-refractivity contribution in [3.63, 3.8) is 0 Å². The summed E-state index contributed by atoms with van der Waals surface area (Å²) in [6.45, 7) is 1.11. The normalized spacial score (nSPS) is 13.6. The molecule has 1 aliphatic rings. The molecule has 21 heavy (non-hydrogen) atoms. The summed E-state index contributed by atoms with van der Waals surface area (Å²) in [4.78, 5) is 7.78. The van der Waals surface area contributed by atoms with Gasteiger partial charge in [0.15, 0.2) is 11.5 Å². The van der Waals surface area contributed by atoms with Crippen LogP contribution in [0, 0.1) is 0 Å². The molecule has 0 unspecified atom stereocenters. The van der Waals surface area contributed by atoms with E-state index in [1.54, 1.807) is 12.1 Å². The Hall–Kier alpha value is -2.21. The van der Waals surface area contributed by atoms with Gasteiger partial charge in [-0.2, -0.15) is 0 Å². The van der Waals surface area contributed by atoms with E-state index in [0.29, 0.717) is 29.3 Å². The van der Waals surface area contributed by atoms with E-state index in [1.165, 1.54) is 0 Å². The molecule has 0 amide bonds. The van der Waals surface area contributed by atoms with Gasteiger partial charge in [0.2, 0.25) is 0 Å². The Balaban J connectivity index is 1.84. The number of aromatic amines is 1. The predicted octanol–water partition coefficient (Wildman–Crippen LogP) is 3.47. The first-order valence-electron chi connectivity index (χ1n) is 6.49. The summed E-state index contributed by atoms with van der Waals surface area (Å²) < 4.78 is 11.8. The van der Waals surface area contributed by atoms with Crippen molar-refractivity contribution in [1.29, 1.82) is 0 Å². The van der Waals surface area contributed by atoms with Crippen LogP contribution in [-0.4, -0.2) is 28.3 Å². The zero-order valence-corrected chi connectivity index (χ0v) is 12.5. The SMILES string of the molecule is Oc1cc(-c2nc3cc4c(cc3[nH]2)OCCO4)ccc1Br. The molecule has 1 aliphatic heterocycles. The first-order valence-corrected chi connectivity index (χ1v) is 7.28. The monoisotopic (exact) mass is 346 g/mol. The molecule has 0 atom stereocenters. The number of fused-ring (bicyclic) bond motifs is 2. The van der Waals surface area contributed by atoms with E-state index in [1.807, 2.05) is 18.2 Å². The molecule has 0 spiro atoms. The van der Waals surface area contributed by atoms with Crippen LogP contribution in [0.25, 0.3) is 22.4 Å². The van der Waals surface area contributed by atoms with Gasteiger partial charge in [-0.1, -0.05) is 0 Å². The van der Waals surface area contributed by atoms with Gasteiger partial charge in [0, 0.05) is 17.7 Å². The lowest BCUT2D eigenvalue weighted by molar-refractivity contribution is 0.172. The molecule has 0 aliphatic carbocycles. The lowest BCUT2D eigenvalue weighted by Gasteiger charge is -2.17. The number of nitrogens with one attached hydrogen (secondary N) is 1. The molecule has 0 bridgehead atoms. The van der Waals surface area contributed by atoms with Crippen LogP contribution >= 0.6 is 15.9 Å². The number of H-pyrrole nitrogens is 1. The van der Waals surface area contributed by atoms with Crippen LogP contribution in [0.1, 0.15) is 0 Å². The predicted molar refractivity (Wildman–Crippen MR) is 81.9 cm³/mol. The minimum absolute atomic E-state index is 0.180. The van der Waals surface area contributed by atoms with Crippen LogP contribution in [0.2, 0.25) is 0 Å². The van der Waals surface area contributed by atoms with Crippen molar-refractivity contribution in [1.82, 2.24) is 9.97 Å². The van der Waals surface area contributed by atoms with Crippen LogP contribution in [-0.2, 0) is 0 Å². The number of phenols is 1. The fraction of sp³-hybridized carbons (Fsp3) is 0.133. The third-order valence-electron chi connectivity index (χ3n) is 3.37. The second-order valence-electron chi connectivity index (χ2n) is 4.76. The standard InChI is InChI=1S/C15H11BrN2O3/c16-9-2-1-8(5-12(9)19)15-17-10-6-13-14(7-11(10)18-15)21-4-3-20-13/h1-2,5-7,19H,3-4H2,(H,17,18). The van der Waals surface area contributed by atoms with E-state index >= 15 is 0 Å². The van der Waals surface area contributed by atoms with E-state index in [9.17, 15) is 5.11 Å². The summed E-state index contributed by atoms with van der Waals surface area (Å²) in [6, 6.07) is 9.08. The minimum atomic E-state index is 0.180. The zero-order valence-electron chi connectivity index (χ0n) is 10.9. The average molecular weight is 347 g/mol. The zero-order chi connectivity index (χ0) is 14.4. The number of hydrogen-bond donors (Lipinski definition) is 2. The number of aromatic nitrogens is 2. The van der Waals surface area contributed by atoms with Crippen molar-refractivity contribution in [2.75, 3.05) is 13.2 Å². The maximum Gasteiger partial charge on any atom is 0.163 e. The molecule has 1 aromatic heterocycles. The fourth-order valence-electron chi connectivity index (χ4n) is 2.34. The second-order valence-corrected chi connectivity index (χ2v) is 5.62. The number of phenolic OH excluding ortho intramolecular Hbond substituents is 1. The van der Waals surface area contributed by atoms with Crippen LogP contribution in [0.4, 0.5) is 0 Å². The van der Waals surface area contributed by atoms with Gasteiger partial charge in [-0.3, -0.25) is 0 Å². The summed E-state index contributed by atoms with van der Waals surface area (Å²) in [6.07, 6.45) is 0. The average Bonchev–Trinajstić information content (AvgIpc) is 2.90. The van der Waals surface area contributed by atoms with E-state index < -0.39 is 0 Å². The highest BCUT2D eigenvalue weighted by molar-refractivity contribution is 9.10. The summed E-state index contributed by atoms with van der Waals surface area (Å²) in [7, 11) is 0. The Morgan fingerprint density at radius 1 is 1.10 bits per heavy atom. The van der Waals surface area contributed by atoms with Crippen molar-refractivity contribution in [2.24, 2.45) is 0 Å². The van der Waals surface area contributed by atoms with E-state index in [0.717, 1.165) is 22.3 Å². The van der Waals surface area contributed by atoms with Gasteiger partial charge < -0.3 is 19.6 Å². The number of ether oxygens (including phenoxy) is 2. The number of nitrogens with zero attached hydrogens (tertiary/aromatic N) is 1. The molecule has 2 aromatic carbocycles. The minimum Gasteiger partial charge on any atom is -0.507 e. The van der Waals surface area contributed by atoms with Gasteiger partial charge in [0.05, 0.1) is 15.5 Å². The summed E-state index contributed by atoms with van der Waals surface area (Å²) in [5, 5.41) is 9.78. The highest BCUT2D eigenvalue weighted by Gasteiger charge is 2.15. The third kappa shape index (κ3) is 2.12. The molecule has 0 saturated carbocycles.